The van der Waals surface area contributed by atoms with Crippen LogP contribution < -0.4 is 5.32 Å². The van der Waals surface area contributed by atoms with Crippen molar-refractivity contribution in [1.82, 2.24) is 5.32 Å². The molecule has 98 valence electrons. The van der Waals surface area contributed by atoms with Gasteiger partial charge in [0.15, 0.2) is 0 Å². The van der Waals surface area contributed by atoms with Crippen molar-refractivity contribution in [2.75, 3.05) is 20.3 Å². The smallest absolute Gasteiger partial charge is 0.261 e. The van der Waals surface area contributed by atoms with E-state index in [0.29, 0.717) is 17.8 Å². The first kappa shape index (κ1) is 14.7. The van der Waals surface area contributed by atoms with Gasteiger partial charge in [-0.05, 0) is 19.1 Å². The highest BCUT2D eigenvalue weighted by Crippen LogP contribution is 2.15. The first-order valence-electron chi connectivity index (χ1n) is 5.68. The molecule has 0 aliphatic carbocycles. The first-order valence-corrected chi connectivity index (χ1v) is 6.49. The van der Waals surface area contributed by atoms with Crippen LogP contribution in [0.1, 0.15) is 27.9 Å². The van der Waals surface area contributed by atoms with Crippen LogP contribution in [-0.2, 0) is 4.74 Å². The molecule has 0 saturated heterocycles. The van der Waals surface area contributed by atoms with Crippen molar-refractivity contribution in [2.24, 2.45) is 0 Å². The zero-order valence-corrected chi connectivity index (χ0v) is 11.3. The molecule has 0 aliphatic rings. The summed E-state index contributed by atoms with van der Waals surface area (Å²) in [6, 6.07) is 3.56. The molecule has 0 radical (unpaired) electrons. The van der Waals surface area contributed by atoms with Gasteiger partial charge in [0.1, 0.15) is 0 Å². The van der Waals surface area contributed by atoms with E-state index >= 15 is 0 Å². The van der Waals surface area contributed by atoms with Crippen LogP contribution in [0.5, 0.6) is 0 Å². The Labute approximate surface area is 111 Å². The van der Waals surface area contributed by atoms with Crippen LogP contribution in [0.15, 0.2) is 12.1 Å². The highest BCUT2D eigenvalue weighted by molar-refractivity contribution is 7.14. The fourth-order valence-electron chi connectivity index (χ4n) is 1.14. The predicted molar refractivity (Wildman–Crippen MR) is 71.7 cm³/mol. The number of aliphatic hydroxyl groups is 1. The second-order valence-electron chi connectivity index (χ2n) is 3.70. The van der Waals surface area contributed by atoms with Gasteiger partial charge >= 0.3 is 0 Å². The minimum atomic E-state index is -0.112. The quantitative estimate of drug-likeness (QED) is 0.789. The van der Waals surface area contributed by atoms with Crippen LogP contribution in [0.3, 0.4) is 0 Å². The number of rotatable bonds is 5. The van der Waals surface area contributed by atoms with Gasteiger partial charge in [0.05, 0.1) is 22.5 Å². The minimum absolute atomic E-state index is 0.00210. The van der Waals surface area contributed by atoms with Gasteiger partial charge in [0, 0.05) is 20.1 Å². The number of ether oxygens (including phenoxy) is 1. The predicted octanol–water partition coefficient (Wildman–Crippen LogP) is 1.25. The molecule has 0 spiro atoms. The number of aliphatic hydroxyl groups excluding tert-OH is 1. The van der Waals surface area contributed by atoms with Crippen LogP contribution >= 0.6 is 11.3 Å². The van der Waals surface area contributed by atoms with Gasteiger partial charge in [-0.2, -0.15) is 0 Å². The number of carbonyl (C=O) groups is 1. The molecular formula is C13H17NO3S. The van der Waals surface area contributed by atoms with Crippen LogP contribution in [0, 0.1) is 11.8 Å². The average molecular weight is 267 g/mol. The van der Waals surface area contributed by atoms with Crippen molar-refractivity contribution in [3.63, 3.8) is 0 Å². The van der Waals surface area contributed by atoms with E-state index in [-0.39, 0.29) is 18.6 Å². The third-order valence-electron chi connectivity index (χ3n) is 2.23. The van der Waals surface area contributed by atoms with E-state index in [4.69, 9.17) is 9.84 Å². The van der Waals surface area contributed by atoms with Crippen LogP contribution in [-0.4, -0.2) is 37.4 Å². The average Bonchev–Trinajstić information content (AvgIpc) is 2.84. The Hall–Kier alpha value is -1.35. The van der Waals surface area contributed by atoms with Crippen molar-refractivity contribution >= 4 is 17.2 Å². The lowest BCUT2D eigenvalue weighted by molar-refractivity contribution is 0.0874. The van der Waals surface area contributed by atoms with Gasteiger partial charge in [0.25, 0.3) is 5.91 Å². The van der Waals surface area contributed by atoms with Crippen LogP contribution in [0.2, 0.25) is 0 Å². The van der Waals surface area contributed by atoms with Gasteiger partial charge in [-0.25, -0.2) is 0 Å². The maximum absolute atomic E-state index is 11.8. The zero-order chi connectivity index (χ0) is 13.4. The van der Waals surface area contributed by atoms with Crippen LogP contribution in [0.25, 0.3) is 0 Å². The number of nitrogens with one attached hydrogen (secondary N) is 1. The maximum Gasteiger partial charge on any atom is 0.261 e. The molecule has 4 nitrogen and oxygen atoms in total. The van der Waals surface area contributed by atoms with Crippen LogP contribution in [0.4, 0.5) is 0 Å². The summed E-state index contributed by atoms with van der Waals surface area (Å²) in [5, 5.41) is 11.4. The fourth-order valence-corrected chi connectivity index (χ4v) is 1.94. The molecule has 0 fully saturated rings. The van der Waals surface area contributed by atoms with Gasteiger partial charge in [-0.3, -0.25) is 4.79 Å². The summed E-state index contributed by atoms with van der Waals surface area (Å²) in [6.07, 6.45) is 0.447. The zero-order valence-electron chi connectivity index (χ0n) is 10.5. The van der Waals surface area contributed by atoms with Crippen molar-refractivity contribution in [1.29, 1.82) is 0 Å². The van der Waals surface area contributed by atoms with E-state index in [1.165, 1.54) is 11.3 Å². The van der Waals surface area contributed by atoms with Crippen molar-refractivity contribution < 1.29 is 14.6 Å². The molecule has 1 aromatic rings. The Kier molecular flexibility index (Phi) is 6.44. The Morgan fingerprint density at radius 2 is 2.39 bits per heavy atom. The van der Waals surface area contributed by atoms with Gasteiger partial charge < -0.3 is 15.2 Å². The molecule has 1 amide bonds. The number of methoxy groups -OCH3 is 1. The topological polar surface area (TPSA) is 58.6 Å². The molecule has 2 N–H and O–H groups in total. The standard InChI is InChI=1S/C13H17NO3S/c1-10(17-2)9-14-13(16)12-7-6-11(18-12)5-3-4-8-15/h6-7,10,15H,4,8-9H2,1-2H3,(H,14,16). The second-order valence-corrected chi connectivity index (χ2v) is 4.78. The van der Waals surface area contributed by atoms with Gasteiger partial charge in [-0.15, -0.1) is 11.3 Å². The molecule has 1 rings (SSSR count). The molecule has 5 heteroatoms. The molecule has 1 atom stereocenters. The minimum Gasteiger partial charge on any atom is -0.395 e. The molecule has 0 aliphatic heterocycles. The summed E-state index contributed by atoms with van der Waals surface area (Å²) < 4.78 is 5.05. The summed E-state index contributed by atoms with van der Waals surface area (Å²) in [4.78, 5) is 13.2. The van der Waals surface area contributed by atoms with E-state index < -0.39 is 0 Å². The van der Waals surface area contributed by atoms with Crippen molar-refractivity contribution in [3.05, 3.63) is 21.9 Å². The molecule has 18 heavy (non-hydrogen) atoms. The van der Waals surface area contributed by atoms with E-state index in [1.807, 2.05) is 13.0 Å². The van der Waals surface area contributed by atoms with E-state index in [0.717, 1.165) is 4.88 Å². The summed E-state index contributed by atoms with van der Waals surface area (Å²) >= 11 is 1.34. The fraction of sp³-hybridized carbons (Fsp3) is 0.462. The molecule has 1 unspecified atom stereocenters. The highest BCUT2D eigenvalue weighted by Gasteiger charge is 2.09. The van der Waals surface area contributed by atoms with Crippen molar-refractivity contribution in [3.8, 4) is 11.8 Å². The first-order chi connectivity index (χ1) is 8.67. The highest BCUT2D eigenvalue weighted by atomic mass is 32.1. The SMILES string of the molecule is COC(C)CNC(=O)c1ccc(C#CCCO)s1. The number of amides is 1. The number of hydrogen-bond donors (Lipinski definition) is 2. The Balaban J connectivity index is 2.52. The lowest BCUT2D eigenvalue weighted by atomic mass is 10.3. The lowest BCUT2D eigenvalue weighted by Gasteiger charge is -2.09. The van der Waals surface area contributed by atoms with E-state index in [9.17, 15) is 4.79 Å². The molecule has 1 aromatic heterocycles. The van der Waals surface area contributed by atoms with Gasteiger partial charge in [-0.1, -0.05) is 11.8 Å². The summed E-state index contributed by atoms with van der Waals surface area (Å²) in [5.74, 6) is 5.61. The summed E-state index contributed by atoms with van der Waals surface area (Å²) in [7, 11) is 1.61. The molecule has 0 aromatic carbocycles. The number of thiophene rings is 1. The number of carbonyl (C=O) groups excluding carboxylic acids is 1. The molecule has 1 heterocycles. The largest absolute Gasteiger partial charge is 0.395 e. The Morgan fingerprint density at radius 1 is 1.61 bits per heavy atom. The number of hydrogen-bond acceptors (Lipinski definition) is 4. The lowest BCUT2D eigenvalue weighted by Crippen LogP contribution is -2.30. The van der Waals surface area contributed by atoms with E-state index in [1.54, 1.807) is 13.2 Å². The molecule has 0 saturated carbocycles. The second kappa shape index (κ2) is 7.88. The van der Waals surface area contributed by atoms with Gasteiger partial charge in [0.2, 0.25) is 0 Å². The Bertz CT molecular complexity index is 445. The monoisotopic (exact) mass is 267 g/mol. The third kappa shape index (κ3) is 4.88. The molecule has 0 bridgehead atoms. The molecular weight excluding hydrogens is 250 g/mol. The Morgan fingerprint density at radius 3 is 3.06 bits per heavy atom. The normalized spacial score (nSPS) is 11.5. The maximum atomic E-state index is 11.8. The summed E-state index contributed by atoms with van der Waals surface area (Å²) in [5.41, 5.74) is 0. The van der Waals surface area contributed by atoms with Crippen molar-refractivity contribution in [2.45, 2.75) is 19.4 Å². The summed E-state index contributed by atoms with van der Waals surface area (Å²) in [6.45, 7) is 2.43. The third-order valence-corrected chi connectivity index (χ3v) is 3.23. The van der Waals surface area contributed by atoms with E-state index in [2.05, 4.69) is 17.2 Å².